The Kier molecular flexibility index (Phi) is 6.12. The summed E-state index contributed by atoms with van der Waals surface area (Å²) in [6, 6.07) is 8.59. The third kappa shape index (κ3) is 4.23. The van der Waals surface area contributed by atoms with E-state index in [0.717, 1.165) is 24.1 Å². The number of urea groups is 1. The predicted octanol–water partition coefficient (Wildman–Crippen LogP) is 4.69. The number of carboxylic acids is 1. The Balaban J connectivity index is 2.27. The molecule has 170 valence electrons. The first-order chi connectivity index (χ1) is 15.5. The lowest BCUT2D eigenvalue weighted by atomic mass is 9.92. The van der Waals surface area contributed by atoms with Gasteiger partial charge in [0.2, 0.25) is 0 Å². The molecule has 0 radical (unpaired) electrons. The first-order valence-corrected chi connectivity index (χ1v) is 9.34. The SMILES string of the molecule is COC(=O)N1C(=O)N(c2cccc(C(F)(F)F)c2)C(C)=C(C(=O)O)C1c1ccc(C#N)cc1. The molecule has 1 aliphatic rings. The molecule has 0 fully saturated rings. The number of nitriles is 1. The summed E-state index contributed by atoms with van der Waals surface area (Å²) < 4.78 is 44.3. The summed E-state index contributed by atoms with van der Waals surface area (Å²) >= 11 is 0. The van der Waals surface area contributed by atoms with Gasteiger partial charge in [-0.25, -0.2) is 19.3 Å². The van der Waals surface area contributed by atoms with Crippen molar-refractivity contribution in [3.63, 3.8) is 0 Å². The number of imide groups is 1. The first kappa shape index (κ1) is 23.3. The minimum Gasteiger partial charge on any atom is -0.478 e. The van der Waals surface area contributed by atoms with Crippen molar-refractivity contribution in [2.45, 2.75) is 19.1 Å². The van der Waals surface area contributed by atoms with Crippen LogP contribution in [0.3, 0.4) is 0 Å². The summed E-state index contributed by atoms with van der Waals surface area (Å²) in [4.78, 5) is 39.4. The zero-order valence-corrected chi connectivity index (χ0v) is 17.3. The average molecular weight is 459 g/mol. The summed E-state index contributed by atoms with van der Waals surface area (Å²) in [7, 11) is 0.978. The molecule has 0 aliphatic carbocycles. The van der Waals surface area contributed by atoms with Crippen molar-refractivity contribution in [1.29, 1.82) is 5.26 Å². The van der Waals surface area contributed by atoms with Gasteiger partial charge in [-0.15, -0.1) is 0 Å². The molecule has 0 bridgehead atoms. The highest BCUT2D eigenvalue weighted by molar-refractivity contribution is 6.08. The Morgan fingerprint density at radius 2 is 1.79 bits per heavy atom. The van der Waals surface area contributed by atoms with Crippen LogP contribution in [0, 0.1) is 11.3 Å². The second kappa shape index (κ2) is 8.66. The van der Waals surface area contributed by atoms with Crippen LogP contribution in [0.25, 0.3) is 0 Å². The molecule has 0 saturated heterocycles. The number of rotatable bonds is 3. The maximum absolute atomic E-state index is 13.4. The number of carboxylic acid groups (broad SMARTS) is 1. The molecule has 11 heteroatoms. The third-order valence-corrected chi connectivity index (χ3v) is 5.04. The summed E-state index contributed by atoms with van der Waals surface area (Å²) in [5.74, 6) is -1.50. The van der Waals surface area contributed by atoms with Gasteiger partial charge in [0.05, 0.1) is 35.6 Å². The van der Waals surface area contributed by atoms with E-state index < -0.39 is 41.4 Å². The number of carbonyl (C=O) groups is 3. The molecule has 0 aromatic heterocycles. The molecule has 1 atom stereocenters. The Morgan fingerprint density at radius 3 is 2.30 bits per heavy atom. The maximum atomic E-state index is 13.4. The molecule has 3 amide bonds. The number of carbonyl (C=O) groups excluding carboxylic acids is 2. The molecule has 1 N–H and O–H groups in total. The van der Waals surface area contributed by atoms with Gasteiger partial charge >= 0.3 is 24.3 Å². The Hall–Kier alpha value is -4.33. The van der Waals surface area contributed by atoms with E-state index in [9.17, 15) is 32.7 Å². The Bertz CT molecular complexity index is 1200. The lowest BCUT2D eigenvalue weighted by Crippen LogP contribution is -2.53. The number of halogens is 3. The number of allylic oxidation sites excluding steroid dienone is 1. The number of alkyl halides is 3. The van der Waals surface area contributed by atoms with Crippen LogP contribution in [0.2, 0.25) is 0 Å². The summed E-state index contributed by atoms with van der Waals surface area (Å²) in [6.07, 6.45) is -5.92. The van der Waals surface area contributed by atoms with E-state index in [0.29, 0.717) is 11.0 Å². The average Bonchev–Trinajstić information content (AvgIpc) is 2.77. The number of anilines is 1. The van der Waals surface area contributed by atoms with Gasteiger partial charge in [-0.3, -0.25) is 4.90 Å². The monoisotopic (exact) mass is 459 g/mol. The van der Waals surface area contributed by atoms with Crippen molar-refractivity contribution < 1.29 is 37.4 Å². The second-order valence-corrected chi connectivity index (χ2v) is 6.95. The maximum Gasteiger partial charge on any atom is 0.418 e. The summed E-state index contributed by atoms with van der Waals surface area (Å²) in [6.45, 7) is 1.26. The summed E-state index contributed by atoms with van der Waals surface area (Å²) in [5.41, 5.74) is -1.50. The molecule has 2 aromatic carbocycles. The number of aliphatic carboxylic acids is 1. The largest absolute Gasteiger partial charge is 0.478 e. The van der Waals surface area contributed by atoms with Crippen molar-refractivity contribution in [3.05, 3.63) is 76.5 Å². The van der Waals surface area contributed by atoms with E-state index in [4.69, 9.17) is 5.26 Å². The summed E-state index contributed by atoms with van der Waals surface area (Å²) in [5, 5.41) is 18.9. The lowest BCUT2D eigenvalue weighted by molar-refractivity contribution is -0.137. The standard InChI is InChI=1S/C22H16F3N3O5/c1-12-17(19(29)30)18(14-8-6-13(11-26)7-9-14)28(21(32)33-2)20(31)27(12)16-5-3-4-15(10-16)22(23,24)25/h3-10,18H,1-2H3,(H,29,30). The van der Waals surface area contributed by atoms with Gasteiger partial charge in [-0.1, -0.05) is 18.2 Å². The van der Waals surface area contributed by atoms with E-state index in [1.165, 1.54) is 37.3 Å². The van der Waals surface area contributed by atoms with E-state index in [-0.39, 0.29) is 22.5 Å². The Morgan fingerprint density at radius 1 is 1.15 bits per heavy atom. The molecule has 1 unspecified atom stereocenters. The highest BCUT2D eigenvalue weighted by Crippen LogP contribution is 2.41. The molecule has 1 heterocycles. The molecule has 33 heavy (non-hydrogen) atoms. The second-order valence-electron chi connectivity index (χ2n) is 6.95. The molecular weight excluding hydrogens is 443 g/mol. The minimum absolute atomic E-state index is 0.179. The molecule has 8 nitrogen and oxygen atoms in total. The highest BCUT2D eigenvalue weighted by atomic mass is 19.4. The predicted molar refractivity (Wildman–Crippen MR) is 108 cm³/mol. The van der Waals surface area contributed by atoms with E-state index in [2.05, 4.69) is 4.74 Å². The van der Waals surface area contributed by atoms with Crippen LogP contribution in [-0.2, 0) is 15.7 Å². The van der Waals surface area contributed by atoms with Crippen LogP contribution in [0.1, 0.15) is 29.7 Å². The van der Waals surface area contributed by atoms with Crippen molar-refractivity contribution >= 4 is 23.8 Å². The van der Waals surface area contributed by atoms with Crippen LogP contribution in [0.5, 0.6) is 0 Å². The molecule has 0 spiro atoms. The lowest BCUT2D eigenvalue weighted by Gasteiger charge is -2.40. The van der Waals surface area contributed by atoms with E-state index >= 15 is 0 Å². The van der Waals surface area contributed by atoms with Crippen molar-refractivity contribution in [1.82, 2.24) is 4.90 Å². The number of amides is 3. The molecule has 3 rings (SSSR count). The zero-order valence-electron chi connectivity index (χ0n) is 17.3. The van der Waals surface area contributed by atoms with Crippen LogP contribution < -0.4 is 4.90 Å². The Labute approximate surface area is 185 Å². The van der Waals surface area contributed by atoms with Crippen LogP contribution in [0.4, 0.5) is 28.4 Å². The van der Waals surface area contributed by atoms with Crippen LogP contribution >= 0.6 is 0 Å². The highest BCUT2D eigenvalue weighted by Gasteiger charge is 2.46. The molecule has 2 aromatic rings. The van der Waals surface area contributed by atoms with E-state index in [1.54, 1.807) is 0 Å². The smallest absolute Gasteiger partial charge is 0.418 e. The van der Waals surface area contributed by atoms with Gasteiger partial charge in [0.1, 0.15) is 6.04 Å². The molecular formula is C22H16F3N3O5. The number of ether oxygens (including phenoxy) is 1. The fourth-order valence-corrected chi connectivity index (χ4v) is 3.54. The minimum atomic E-state index is -4.71. The van der Waals surface area contributed by atoms with Crippen molar-refractivity contribution in [2.24, 2.45) is 0 Å². The van der Waals surface area contributed by atoms with Gasteiger partial charge in [0, 0.05) is 5.70 Å². The fourth-order valence-electron chi connectivity index (χ4n) is 3.54. The number of benzene rings is 2. The number of nitrogens with zero attached hydrogens (tertiary/aromatic N) is 3. The number of methoxy groups -OCH3 is 1. The van der Waals surface area contributed by atoms with Crippen molar-refractivity contribution in [3.8, 4) is 6.07 Å². The van der Waals surface area contributed by atoms with Gasteiger partial charge in [-0.2, -0.15) is 18.4 Å². The van der Waals surface area contributed by atoms with Gasteiger partial charge < -0.3 is 9.84 Å². The first-order valence-electron chi connectivity index (χ1n) is 9.34. The number of hydrogen-bond donors (Lipinski definition) is 1. The van der Waals surface area contributed by atoms with Crippen LogP contribution in [-0.4, -0.2) is 35.2 Å². The van der Waals surface area contributed by atoms with Crippen LogP contribution in [0.15, 0.2) is 59.8 Å². The van der Waals surface area contributed by atoms with Gasteiger partial charge in [-0.05, 0) is 42.8 Å². The normalized spacial score (nSPS) is 16.5. The number of hydrogen-bond acceptors (Lipinski definition) is 5. The van der Waals surface area contributed by atoms with E-state index in [1.807, 2.05) is 6.07 Å². The quantitative estimate of drug-likeness (QED) is 0.713. The molecule has 0 saturated carbocycles. The zero-order chi connectivity index (χ0) is 24.5. The fraction of sp³-hybridized carbons (Fsp3) is 0.182. The topological polar surface area (TPSA) is 111 Å². The van der Waals surface area contributed by atoms with Crippen molar-refractivity contribution in [2.75, 3.05) is 12.0 Å². The third-order valence-electron chi connectivity index (χ3n) is 5.04. The van der Waals surface area contributed by atoms with Gasteiger partial charge in [0.15, 0.2) is 0 Å². The molecule has 1 aliphatic heterocycles. The van der Waals surface area contributed by atoms with Gasteiger partial charge in [0.25, 0.3) is 0 Å².